The van der Waals surface area contributed by atoms with Gasteiger partial charge in [-0.2, -0.15) is 0 Å². The fourth-order valence-corrected chi connectivity index (χ4v) is 4.33. The van der Waals surface area contributed by atoms with Gasteiger partial charge in [-0.3, -0.25) is 4.98 Å². The Labute approximate surface area is 189 Å². The SMILES string of the molecule is Cc1cc(N2C(=S)N[C@@H](c3ccccn3)[C@H]2c2ccc(-c3ccc(F)cc3)o2)ccc1F. The lowest BCUT2D eigenvalue weighted by Crippen LogP contribution is -2.29. The van der Waals surface area contributed by atoms with Crippen LogP contribution in [-0.4, -0.2) is 10.1 Å². The molecule has 1 fully saturated rings. The molecule has 0 amide bonds. The number of aromatic nitrogens is 1. The molecule has 2 atom stereocenters. The summed E-state index contributed by atoms with van der Waals surface area (Å²) in [7, 11) is 0. The van der Waals surface area contributed by atoms with E-state index in [1.807, 2.05) is 35.2 Å². The first-order chi connectivity index (χ1) is 15.5. The third kappa shape index (κ3) is 3.65. The molecule has 160 valence electrons. The summed E-state index contributed by atoms with van der Waals surface area (Å²) >= 11 is 5.68. The van der Waals surface area contributed by atoms with E-state index in [1.54, 1.807) is 37.4 Å². The Kier molecular flexibility index (Phi) is 5.19. The van der Waals surface area contributed by atoms with E-state index in [0.717, 1.165) is 16.9 Å². The molecule has 2 aromatic heterocycles. The average Bonchev–Trinajstić information content (AvgIpc) is 3.41. The second-order valence-corrected chi connectivity index (χ2v) is 8.03. The highest BCUT2D eigenvalue weighted by atomic mass is 32.1. The van der Waals surface area contributed by atoms with Crippen LogP contribution < -0.4 is 10.2 Å². The third-order valence-electron chi connectivity index (χ3n) is 5.56. The number of aryl methyl sites for hydroxylation is 1. The van der Waals surface area contributed by atoms with E-state index in [0.29, 0.717) is 22.2 Å². The van der Waals surface area contributed by atoms with E-state index in [-0.39, 0.29) is 23.7 Å². The zero-order chi connectivity index (χ0) is 22.2. The number of anilines is 1. The number of pyridine rings is 1. The first kappa shape index (κ1) is 20.3. The van der Waals surface area contributed by atoms with Crippen LogP contribution in [0.3, 0.4) is 0 Å². The Morgan fingerprint density at radius 3 is 2.53 bits per heavy atom. The van der Waals surface area contributed by atoms with E-state index in [1.165, 1.54) is 18.2 Å². The molecule has 0 unspecified atom stereocenters. The van der Waals surface area contributed by atoms with Crippen LogP contribution in [0.4, 0.5) is 14.5 Å². The van der Waals surface area contributed by atoms with Gasteiger partial charge in [-0.1, -0.05) is 6.07 Å². The summed E-state index contributed by atoms with van der Waals surface area (Å²) in [6.07, 6.45) is 1.73. The Hall–Kier alpha value is -3.58. The van der Waals surface area contributed by atoms with E-state index in [9.17, 15) is 8.78 Å². The van der Waals surface area contributed by atoms with Crippen molar-refractivity contribution in [1.82, 2.24) is 10.3 Å². The van der Waals surface area contributed by atoms with Gasteiger partial charge in [-0.25, -0.2) is 8.78 Å². The minimum Gasteiger partial charge on any atom is -0.459 e. The minimum absolute atomic E-state index is 0.277. The molecule has 5 rings (SSSR count). The number of halogens is 2. The number of hydrogen-bond acceptors (Lipinski definition) is 3. The molecule has 0 spiro atoms. The zero-order valence-corrected chi connectivity index (χ0v) is 17.9. The number of thiocarbonyl (C=S) groups is 1. The molecular formula is C25H19F2N3OS. The lowest BCUT2D eigenvalue weighted by molar-refractivity contribution is 0.439. The lowest BCUT2D eigenvalue weighted by atomic mass is 10.0. The van der Waals surface area contributed by atoms with E-state index >= 15 is 0 Å². The van der Waals surface area contributed by atoms with Crippen LogP contribution >= 0.6 is 12.2 Å². The topological polar surface area (TPSA) is 41.3 Å². The van der Waals surface area contributed by atoms with Gasteiger partial charge in [0, 0.05) is 17.4 Å². The molecule has 7 heteroatoms. The molecule has 1 saturated heterocycles. The summed E-state index contributed by atoms with van der Waals surface area (Å²) in [5.41, 5.74) is 2.85. The van der Waals surface area contributed by atoms with E-state index in [2.05, 4.69) is 10.3 Å². The van der Waals surface area contributed by atoms with Crippen LogP contribution in [0.5, 0.6) is 0 Å². The van der Waals surface area contributed by atoms with Crippen molar-refractivity contribution in [2.45, 2.75) is 19.0 Å². The number of benzene rings is 2. The molecule has 32 heavy (non-hydrogen) atoms. The second kappa shape index (κ2) is 8.16. The van der Waals surface area contributed by atoms with Gasteiger partial charge in [0.15, 0.2) is 5.11 Å². The van der Waals surface area contributed by atoms with Crippen molar-refractivity contribution >= 4 is 23.0 Å². The molecule has 0 saturated carbocycles. The predicted octanol–water partition coefficient (Wildman–Crippen LogP) is 6.11. The Morgan fingerprint density at radius 1 is 1.00 bits per heavy atom. The molecule has 3 heterocycles. The summed E-state index contributed by atoms with van der Waals surface area (Å²) in [5.74, 6) is 0.697. The highest BCUT2D eigenvalue weighted by molar-refractivity contribution is 7.80. The molecule has 1 aliphatic rings. The molecule has 0 aliphatic carbocycles. The number of nitrogens with zero attached hydrogens (tertiary/aromatic N) is 2. The fourth-order valence-electron chi connectivity index (χ4n) is 3.98. The molecule has 4 nitrogen and oxygen atoms in total. The summed E-state index contributed by atoms with van der Waals surface area (Å²) in [5, 5.41) is 3.85. The Bertz CT molecular complexity index is 1270. The predicted molar refractivity (Wildman–Crippen MR) is 123 cm³/mol. The third-order valence-corrected chi connectivity index (χ3v) is 5.88. The molecule has 1 aliphatic heterocycles. The quantitative estimate of drug-likeness (QED) is 0.383. The maximum atomic E-state index is 13.9. The smallest absolute Gasteiger partial charge is 0.174 e. The van der Waals surface area contributed by atoms with Gasteiger partial charge in [0.05, 0.1) is 11.7 Å². The van der Waals surface area contributed by atoms with Crippen molar-refractivity contribution in [2.24, 2.45) is 0 Å². The normalized spacial score (nSPS) is 18.1. The fraction of sp³-hybridized carbons (Fsp3) is 0.120. The highest BCUT2D eigenvalue weighted by Gasteiger charge is 2.42. The largest absolute Gasteiger partial charge is 0.459 e. The van der Waals surface area contributed by atoms with E-state index < -0.39 is 0 Å². The van der Waals surface area contributed by atoms with Crippen LogP contribution in [0.25, 0.3) is 11.3 Å². The summed E-state index contributed by atoms with van der Waals surface area (Å²) < 4.78 is 33.5. The van der Waals surface area contributed by atoms with Crippen LogP contribution in [0, 0.1) is 18.6 Å². The van der Waals surface area contributed by atoms with Gasteiger partial charge < -0.3 is 14.6 Å². The van der Waals surface area contributed by atoms with Crippen molar-refractivity contribution in [3.05, 3.63) is 108 Å². The van der Waals surface area contributed by atoms with Gasteiger partial charge >= 0.3 is 0 Å². The summed E-state index contributed by atoms with van der Waals surface area (Å²) in [6, 6.07) is 19.9. The molecule has 0 radical (unpaired) electrons. The van der Waals surface area contributed by atoms with Crippen molar-refractivity contribution in [3.63, 3.8) is 0 Å². The molecule has 1 N–H and O–H groups in total. The first-order valence-corrected chi connectivity index (χ1v) is 10.5. The Balaban J connectivity index is 1.60. The number of rotatable bonds is 4. The van der Waals surface area contributed by atoms with Crippen molar-refractivity contribution in [3.8, 4) is 11.3 Å². The van der Waals surface area contributed by atoms with Crippen LogP contribution in [0.1, 0.15) is 29.1 Å². The average molecular weight is 448 g/mol. The van der Waals surface area contributed by atoms with Gasteiger partial charge in [0.25, 0.3) is 0 Å². The Morgan fingerprint density at radius 2 is 1.81 bits per heavy atom. The van der Waals surface area contributed by atoms with Crippen molar-refractivity contribution in [1.29, 1.82) is 0 Å². The maximum absolute atomic E-state index is 13.9. The van der Waals surface area contributed by atoms with Crippen LogP contribution in [0.2, 0.25) is 0 Å². The maximum Gasteiger partial charge on any atom is 0.174 e. The monoisotopic (exact) mass is 447 g/mol. The van der Waals surface area contributed by atoms with Gasteiger partial charge in [-0.15, -0.1) is 0 Å². The highest BCUT2D eigenvalue weighted by Crippen LogP contribution is 2.43. The lowest BCUT2D eigenvalue weighted by Gasteiger charge is -2.26. The minimum atomic E-state index is -0.351. The van der Waals surface area contributed by atoms with Crippen LogP contribution in [0.15, 0.2) is 83.4 Å². The second-order valence-electron chi connectivity index (χ2n) is 7.64. The van der Waals surface area contributed by atoms with Gasteiger partial charge in [0.2, 0.25) is 0 Å². The van der Waals surface area contributed by atoms with E-state index in [4.69, 9.17) is 16.6 Å². The molecule has 0 bridgehead atoms. The van der Waals surface area contributed by atoms with Crippen LogP contribution in [-0.2, 0) is 0 Å². The molecular weight excluding hydrogens is 428 g/mol. The van der Waals surface area contributed by atoms with Gasteiger partial charge in [0.1, 0.15) is 29.2 Å². The number of furan rings is 1. The summed E-state index contributed by atoms with van der Waals surface area (Å²) in [4.78, 5) is 6.44. The number of nitrogens with one attached hydrogen (secondary N) is 1. The van der Waals surface area contributed by atoms with Gasteiger partial charge in [-0.05, 0) is 91.4 Å². The van der Waals surface area contributed by atoms with Crippen molar-refractivity contribution < 1.29 is 13.2 Å². The summed E-state index contributed by atoms with van der Waals surface area (Å²) in [6.45, 7) is 1.72. The number of hydrogen-bond donors (Lipinski definition) is 1. The first-order valence-electron chi connectivity index (χ1n) is 10.1. The molecule has 2 aromatic carbocycles. The molecule has 4 aromatic rings. The zero-order valence-electron chi connectivity index (χ0n) is 17.1. The van der Waals surface area contributed by atoms with Crippen molar-refractivity contribution in [2.75, 3.05) is 4.90 Å². The standard InChI is InChI=1S/C25H19F2N3OS/c1-15-14-18(9-10-19(15)27)30-24(23(29-25(30)32)20-4-2-3-13-28-20)22-12-11-21(31-22)16-5-7-17(26)8-6-16/h2-14,23-24H,1H3,(H,29,32)/t23-,24+/m0/s1.